The predicted molar refractivity (Wildman–Crippen MR) is 188 cm³/mol. The highest BCUT2D eigenvalue weighted by molar-refractivity contribution is 7.15. The maximum absolute atomic E-state index is 12.9. The first-order valence-corrected chi connectivity index (χ1v) is 18.4. The van der Waals surface area contributed by atoms with Crippen LogP contribution in [0.3, 0.4) is 0 Å². The van der Waals surface area contributed by atoms with Crippen LogP contribution in [0.2, 0.25) is 0 Å². The number of hydrogen-bond donors (Lipinski definition) is 3. The van der Waals surface area contributed by atoms with Crippen LogP contribution < -0.4 is 20.4 Å². The largest absolute Gasteiger partial charge is 0.378 e. The first-order chi connectivity index (χ1) is 23.6. The molecule has 2 aromatic carbocycles. The van der Waals surface area contributed by atoms with Crippen molar-refractivity contribution < 1.29 is 19.4 Å². The number of aliphatic hydroxyl groups is 1. The van der Waals surface area contributed by atoms with E-state index in [0.29, 0.717) is 16.7 Å². The van der Waals surface area contributed by atoms with Gasteiger partial charge in [0.1, 0.15) is 16.2 Å². The van der Waals surface area contributed by atoms with Crippen molar-refractivity contribution in [2.45, 2.75) is 56.6 Å². The van der Waals surface area contributed by atoms with E-state index in [9.17, 15) is 9.90 Å². The molecule has 48 heavy (non-hydrogen) atoms. The summed E-state index contributed by atoms with van der Waals surface area (Å²) in [6, 6.07) is 16.5. The molecular formula is C34H42N8O4S2. The van der Waals surface area contributed by atoms with Gasteiger partial charge in [-0.1, -0.05) is 53.4 Å². The number of morpholine rings is 2. The number of ether oxygens (including phenoxy) is 2. The van der Waals surface area contributed by atoms with Gasteiger partial charge in [-0.2, -0.15) is 0 Å². The Balaban J connectivity index is 0.901. The summed E-state index contributed by atoms with van der Waals surface area (Å²) in [5.74, 6) is 0.417. The molecule has 0 bridgehead atoms. The van der Waals surface area contributed by atoms with Crippen LogP contribution >= 0.6 is 22.7 Å². The molecule has 12 nitrogen and oxygen atoms in total. The molecule has 3 fully saturated rings. The van der Waals surface area contributed by atoms with Crippen LogP contribution in [-0.2, 0) is 27.1 Å². The highest BCUT2D eigenvalue weighted by atomic mass is 32.1. The fourth-order valence-corrected chi connectivity index (χ4v) is 8.54. The molecule has 2 aromatic heterocycles. The molecule has 0 spiro atoms. The summed E-state index contributed by atoms with van der Waals surface area (Å²) in [6.07, 6.45) is 4.00. The van der Waals surface area contributed by atoms with Gasteiger partial charge < -0.3 is 35.0 Å². The molecule has 4 aromatic rings. The Morgan fingerprint density at radius 1 is 0.812 bits per heavy atom. The van der Waals surface area contributed by atoms with Crippen LogP contribution in [0.1, 0.15) is 58.7 Å². The predicted octanol–water partition coefficient (Wildman–Crippen LogP) is 4.66. The van der Waals surface area contributed by atoms with E-state index in [1.165, 1.54) is 22.7 Å². The third-order valence-electron chi connectivity index (χ3n) is 9.16. The Hall–Kier alpha value is -3.69. The van der Waals surface area contributed by atoms with E-state index < -0.39 is 6.23 Å². The quantitative estimate of drug-likeness (QED) is 0.190. The number of carbonyl (C=O) groups is 1. The fourth-order valence-electron chi connectivity index (χ4n) is 6.70. The zero-order valence-electron chi connectivity index (χ0n) is 26.9. The Morgan fingerprint density at radius 3 is 2.02 bits per heavy atom. The molecule has 1 amide bonds. The molecule has 3 N–H and O–H groups in total. The number of nitrogens with one attached hydrogen (secondary N) is 2. The van der Waals surface area contributed by atoms with Gasteiger partial charge in [0.15, 0.2) is 0 Å². The van der Waals surface area contributed by atoms with E-state index >= 15 is 0 Å². The van der Waals surface area contributed by atoms with Crippen molar-refractivity contribution in [2.24, 2.45) is 0 Å². The van der Waals surface area contributed by atoms with Crippen LogP contribution in [0, 0.1) is 0 Å². The van der Waals surface area contributed by atoms with E-state index in [1.807, 2.05) is 24.3 Å². The Labute approximate surface area is 288 Å². The molecule has 14 heteroatoms. The lowest BCUT2D eigenvalue weighted by molar-refractivity contribution is -0.115. The zero-order valence-corrected chi connectivity index (χ0v) is 28.6. The van der Waals surface area contributed by atoms with Gasteiger partial charge in [0.2, 0.25) is 16.2 Å². The van der Waals surface area contributed by atoms with Gasteiger partial charge in [0, 0.05) is 55.8 Å². The molecule has 254 valence electrons. The molecule has 1 saturated carbocycles. The van der Waals surface area contributed by atoms with Crippen molar-refractivity contribution in [3.05, 3.63) is 69.7 Å². The average molecular weight is 691 g/mol. The van der Waals surface area contributed by atoms with Gasteiger partial charge in [0.05, 0.1) is 32.8 Å². The molecule has 3 aliphatic rings. The van der Waals surface area contributed by atoms with Crippen molar-refractivity contribution in [3.8, 4) is 0 Å². The molecule has 0 radical (unpaired) electrons. The van der Waals surface area contributed by atoms with E-state index in [-0.39, 0.29) is 24.2 Å². The maximum Gasteiger partial charge on any atom is 0.230 e. The summed E-state index contributed by atoms with van der Waals surface area (Å²) in [4.78, 5) is 17.5. The summed E-state index contributed by atoms with van der Waals surface area (Å²) in [5.41, 5.74) is 4.30. The Kier molecular flexibility index (Phi) is 10.7. The summed E-state index contributed by atoms with van der Waals surface area (Å²) < 4.78 is 10.9. The SMILES string of the molecule is O=C(Cc1cccc(N2CCOCC2)c1)Nc1nnc([C@H]2CCC[C@H](c3nnc(NC(O)Cc4cccc(N5CCOCC5)c4)s3)C2)s1. The molecule has 7 rings (SSSR count). The fraction of sp³-hybridized carbons (Fsp3) is 0.500. The number of hydrogen-bond acceptors (Lipinski definition) is 13. The number of anilines is 4. The summed E-state index contributed by atoms with van der Waals surface area (Å²) in [7, 11) is 0. The number of nitrogens with zero attached hydrogens (tertiary/aromatic N) is 6. The van der Waals surface area contributed by atoms with Crippen molar-refractivity contribution in [3.63, 3.8) is 0 Å². The minimum atomic E-state index is -0.770. The summed E-state index contributed by atoms with van der Waals surface area (Å²) in [5, 5.41) is 37.7. The highest BCUT2D eigenvalue weighted by Gasteiger charge is 2.29. The second-order valence-corrected chi connectivity index (χ2v) is 14.6. The lowest BCUT2D eigenvalue weighted by Gasteiger charge is -2.29. The first-order valence-electron chi connectivity index (χ1n) is 16.8. The van der Waals surface area contributed by atoms with Crippen molar-refractivity contribution in [1.29, 1.82) is 0 Å². The molecule has 2 aliphatic heterocycles. The smallest absolute Gasteiger partial charge is 0.230 e. The number of benzene rings is 2. The van der Waals surface area contributed by atoms with Gasteiger partial charge in [-0.05, 0) is 54.7 Å². The van der Waals surface area contributed by atoms with Gasteiger partial charge in [-0.3, -0.25) is 4.79 Å². The second kappa shape index (κ2) is 15.7. The monoisotopic (exact) mass is 690 g/mol. The number of amides is 1. The summed E-state index contributed by atoms with van der Waals surface area (Å²) in [6.45, 7) is 6.39. The summed E-state index contributed by atoms with van der Waals surface area (Å²) >= 11 is 2.97. The zero-order chi connectivity index (χ0) is 32.7. The topological polar surface area (TPSA) is 138 Å². The Morgan fingerprint density at radius 2 is 1.38 bits per heavy atom. The van der Waals surface area contributed by atoms with Gasteiger partial charge in [-0.15, -0.1) is 20.4 Å². The van der Waals surface area contributed by atoms with E-state index in [2.05, 4.69) is 65.1 Å². The lowest BCUT2D eigenvalue weighted by atomic mass is 9.82. The Bertz CT molecular complexity index is 1660. The molecule has 2 saturated heterocycles. The number of aromatic nitrogens is 4. The van der Waals surface area contributed by atoms with E-state index in [4.69, 9.17) is 9.47 Å². The standard InChI is InChI=1S/C34H42N8O4S2/c43-29(20-23-4-1-8-27(18-23)41-10-14-45-15-11-41)35-33-39-37-31(47-33)25-6-3-7-26(22-25)32-38-40-34(48-32)36-30(44)21-24-5-2-9-28(19-24)42-12-16-46-17-13-42/h1-2,4-5,8-9,18-19,25-26,29,43H,3,6-7,10-17,20-22H2,(H,35,39)(H,36,40,44)/t25-,26-,29?/m0/s1. The van der Waals surface area contributed by atoms with Gasteiger partial charge in [0.25, 0.3) is 0 Å². The molecule has 1 unspecified atom stereocenters. The minimum absolute atomic E-state index is 0.0979. The number of rotatable bonds is 11. The second-order valence-electron chi connectivity index (χ2n) is 12.6. The van der Waals surface area contributed by atoms with Gasteiger partial charge >= 0.3 is 0 Å². The van der Waals surface area contributed by atoms with Crippen LogP contribution in [-0.4, -0.2) is 90.2 Å². The van der Waals surface area contributed by atoms with Crippen LogP contribution in [0.4, 0.5) is 21.6 Å². The lowest BCUT2D eigenvalue weighted by Crippen LogP contribution is -2.36. The van der Waals surface area contributed by atoms with Crippen molar-refractivity contribution >= 4 is 50.2 Å². The molecular weight excluding hydrogens is 649 g/mol. The van der Waals surface area contributed by atoms with Crippen LogP contribution in [0.15, 0.2) is 48.5 Å². The van der Waals surface area contributed by atoms with Crippen molar-refractivity contribution in [2.75, 3.05) is 73.0 Å². The number of aliphatic hydroxyl groups excluding tert-OH is 1. The molecule has 4 heterocycles. The average Bonchev–Trinajstić information content (AvgIpc) is 3.79. The molecule has 1 aliphatic carbocycles. The third kappa shape index (κ3) is 8.47. The molecule has 3 atom stereocenters. The van der Waals surface area contributed by atoms with Crippen LogP contribution in [0.25, 0.3) is 0 Å². The van der Waals surface area contributed by atoms with Crippen molar-refractivity contribution in [1.82, 2.24) is 20.4 Å². The minimum Gasteiger partial charge on any atom is -0.378 e. The van der Waals surface area contributed by atoms with Gasteiger partial charge in [-0.25, -0.2) is 0 Å². The maximum atomic E-state index is 12.9. The number of carbonyl (C=O) groups excluding carboxylic acids is 1. The van der Waals surface area contributed by atoms with Crippen LogP contribution in [0.5, 0.6) is 0 Å². The normalized spacial score (nSPS) is 20.8. The highest BCUT2D eigenvalue weighted by Crippen LogP contribution is 2.43. The van der Waals surface area contributed by atoms with E-state index in [0.717, 1.165) is 111 Å². The van der Waals surface area contributed by atoms with E-state index in [1.54, 1.807) is 0 Å². The third-order valence-corrected chi connectivity index (χ3v) is 11.2. The first kappa shape index (κ1) is 32.8.